The Balaban J connectivity index is 1.96. The Bertz CT molecular complexity index is 617. The third-order valence-corrected chi connectivity index (χ3v) is 3.87. The highest BCUT2D eigenvalue weighted by Gasteiger charge is 2.14. The van der Waals surface area contributed by atoms with E-state index in [1.807, 2.05) is 24.3 Å². The van der Waals surface area contributed by atoms with Crippen LogP contribution in [0.1, 0.15) is 24.0 Å². The lowest BCUT2D eigenvalue weighted by molar-refractivity contribution is -0.385. The van der Waals surface area contributed by atoms with Crippen LogP contribution in [0.3, 0.4) is 0 Å². The predicted molar refractivity (Wildman–Crippen MR) is 87.4 cm³/mol. The van der Waals surface area contributed by atoms with Gasteiger partial charge in [0.05, 0.1) is 4.92 Å². The van der Waals surface area contributed by atoms with E-state index in [2.05, 4.69) is 40.3 Å². The maximum atomic E-state index is 11.0. The molecule has 21 heavy (non-hydrogen) atoms. The Kier molecular flexibility index (Phi) is 5.47. The molecule has 1 atom stereocenters. The number of nitro benzene ring substituents is 1. The SMILES string of the molecule is CC(CNCc1ccc(Br)cc1[N+](=O)[O-])c1ccccc1. The number of nitrogens with zero attached hydrogens (tertiary/aromatic N) is 1. The van der Waals surface area contributed by atoms with Crippen molar-refractivity contribution in [1.29, 1.82) is 0 Å². The first kappa shape index (κ1) is 15.7. The quantitative estimate of drug-likeness (QED) is 0.627. The summed E-state index contributed by atoms with van der Waals surface area (Å²) in [4.78, 5) is 10.7. The van der Waals surface area contributed by atoms with Gasteiger partial charge in [-0.1, -0.05) is 53.2 Å². The summed E-state index contributed by atoms with van der Waals surface area (Å²) >= 11 is 3.26. The molecule has 0 aliphatic rings. The number of nitrogens with one attached hydrogen (secondary N) is 1. The van der Waals surface area contributed by atoms with Crippen LogP contribution in [0, 0.1) is 10.1 Å². The number of rotatable bonds is 6. The maximum absolute atomic E-state index is 11.0. The van der Waals surface area contributed by atoms with Crippen molar-refractivity contribution in [2.45, 2.75) is 19.4 Å². The molecule has 2 aromatic rings. The van der Waals surface area contributed by atoms with Gasteiger partial charge in [0.25, 0.3) is 5.69 Å². The average Bonchev–Trinajstić information content (AvgIpc) is 2.49. The van der Waals surface area contributed by atoms with Gasteiger partial charge in [-0.15, -0.1) is 0 Å². The van der Waals surface area contributed by atoms with E-state index in [0.29, 0.717) is 18.0 Å². The summed E-state index contributed by atoms with van der Waals surface area (Å²) in [5.41, 5.74) is 2.10. The first-order chi connectivity index (χ1) is 10.1. The van der Waals surface area contributed by atoms with Crippen LogP contribution in [-0.2, 0) is 6.54 Å². The van der Waals surface area contributed by atoms with Crippen LogP contribution in [-0.4, -0.2) is 11.5 Å². The second-order valence-corrected chi connectivity index (χ2v) is 5.89. The molecule has 0 saturated carbocycles. The van der Waals surface area contributed by atoms with Gasteiger partial charge in [0.1, 0.15) is 0 Å². The van der Waals surface area contributed by atoms with E-state index in [0.717, 1.165) is 11.0 Å². The molecule has 5 heteroatoms. The number of benzene rings is 2. The molecule has 0 saturated heterocycles. The zero-order valence-corrected chi connectivity index (χ0v) is 13.3. The molecule has 0 aliphatic carbocycles. The largest absolute Gasteiger partial charge is 0.312 e. The lowest BCUT2D eigenvalue weighted by Gasteiger charge is -2.13. The van der Waals surface area contributed by atoms with E-state index in [4.69, 9.17) is 0 Å². The van der Waals surface area contributed by atoms with Crippen molar-refractivity contribution in [3.05, 3.63) is 74.2 Å². The summed E-state index contributed by atoms with van der Waals surface area (Å²) in [6.45, 7) is 3.40. The monoisotopic (exact) mass is 348 g/mol. The molecule has 0 aromatic heterocycles. The molecule has 0 heterocycles. The van der Waals surface area contributed by atoms with Crippen molar-refractivity contribution in [2.24, 2.45) is 0 Å². The Labute approximate surface area is 132 Å². The topological polar surface area (TPSA) is 55.2 Å². The van der Waals surface area contributed by atoms with Crippen molar-refractivity contribution < 1.29 is 4.92 Å². The van der Waals surface area contributed by atoms with Gasteiger partial charge in [-0.05, 0) is 23.6 Å². The molecule has 1 N–H and O–H groups in total. The van der Waals surface area contributed by atoms with Crippen molar-refractivity contribution >= 4 is 21.6 Å². The Hall–Kier alpha value is -1.72. The fourth-order valence-corrected chi connectivity index (χ4v) is 2.53. The Morgan fingerprint density at radius 2 is 1.95 bits per heavy atom. The van der Waals surface area contributed by atoms with Crippen LogP contribution in [0.4, 0.5) is 5.69 Å². The highest BCUT2D eigenvalue weighted by Crippen LogP contribution is 2.23. The number of hydrogen-bond acceptors (Lipinski definition) is 3. The highest BCUT2D eigenvalue weighted by molar-refractivity contribution is 9.10. The number of hydrogen-bond donors (Lipinski definition) is 1. The standard InChI is InChI=1S/C16H17BrN2O2/c1-12(13-5-3-2-4-6-13)10-18-11-14-7-8-15(17)9-16(14)19(20)21/h2-9,12,18H,10-11H2,1H3. The summed E-state index contributed by atoms with van der Waals surface area (Å²) in [5.74, 6) is 0.362. The molecule has 110 valence electrons. The molecule has 0 amide bonds. The number of halogens is 1. The molecule has 4 nitrogen and oxygen atoms in total. The fraction of sp³-hybridized carbons (Fsp3) is 0.250. The lowest BCUT2D eigenvalue weighted by atomic mass is 10.0. The predicted octanol–water partition coefficient (Wildman–Crippen LogP) is 4.25. The molecular weight excluding hydrogens is 332 g/mol. The van der Waals surface area contributed by atoms with Gasteiger partial charge in [-0.2, -0.15) is 0 Å². The van der Waals surface area contributed by atoms with Crippen LogP contribution in [0.5, 0.6) is 0 Å². The summed E-state index contributed by atoms with van der Waals surface area (Å²) in [5, 5.41) is 14.3. The van der Waals surface area contributed by atoms with Gasteiger partial charge in [-0.25, -0.2) is 0 Å². The van der Waals surface area contributed by atoms with Gasteiger partial charge in [-0.3, -0.25) is 10.1 Å². The molecule has 0 aliphatic heterocycles. The minimum atomic E-state index is -0.345. The van der Waals surface area contributed by atoms with Crippen LogP contribution < -0.4 is 5.32 Å². The van der Waals surface area contributed by atoms with Crippen molar-refractivity contribution in [1.82, 2.24) is 5.32 Å². The van der Waals surface area contributed by atoms with Gasteiger partial charge in [0.15, 0.2) is 0 Å². The maximum Gasteiger partial charge on any atom is 0.275 e. The smallest absolute Gasteiger partial charge is 0.275 e. The normalized spacial score (nSPS) is 12.1. The van der Waals surface area contributed by atoms with E-state index >= 15 is 0 Å². The molecule has 0 fully saturated rings. The zero-order chi connectivity index (χ0) is 15.2. The zero-order valence-electron chi connectivity index (χ0n) is 11.8. The van der Waals surface area contributed by atoms with Gasteiger partial charge < -0.3 is 5.32 Å². The Morgan fingerprint density at radius 3 is 2.62 bits per heavy atom. The molecule has 1 unspecified atom stereocenters. The molecular formula is C16H17BrN2O2. The van der Waals surface area contributed by atoms with Crippen LogP contribution in [0.25, 0.3) is 0 Å². The first-order valence-corrected chi connectivity index (χ1v) is 7.55. The summed E-state index contributed by atoms with van der Waals surface area (Å²) in [6, 6.07) is 15.4. The second kappa shape index (κ2) is 7.33. The van der Waals surface area contributed by atoms with Crippen molar-refractivity contribution in [3.8, 4) is 0 Å². The second-order valence-electron chi connectivity index (χ2n) is 4.97. The van der Waals surface area contributed by atoms with Crippen LogP contribution >= 0.6 is 15.9 Å². The third-order valence-electron chi connectivity index (χ3n) is 3.38. The van der Waals surface area contributed by atoms with E-state index in [-0.39, 0.29) is 10.6 Å². The van der Waals surface area contributed by atoms with E-state index in [1.165, 1.54) is 11.6 Å². The molecule has 2 rings (SSSR count). The molecule has 0 spiro atoms. The van der Waals surface area contributed by atoms with E-state index in [9.17, 15) is 10.1 Å². The van der Waals surface area contributed by atoms with Crippen LogP contribution in [0.2, 0.25) is 0 Å². The molecule has 2 aromatic carbocycles. The first-order valence-electron chi connectivity index (χ1n) is 6.76. The van der Waals surface area contributed by atoms with Crippen molar-refractivity contribution in [3.63, 3.8) is 0 Å². The van der Waals surface area contributed by atoms with Gasteiger partial charge >= 0.3 is 0 Å². The van der Waals surface area contributed by atoms with Gasteiger partial charge in [0.2, 0.25) is 0 Å². The fourth-order valence-electron chi connectivity index (χ4n) is 2.18. The Morgan fingerprint density at radius 1 is 1.24 bits per heavy atom. The minimum Gasteiger partial charge on any atom is -0.312 e. The van der Waals surface area contributed by atoms with E-state index in [1.54, 1.807) is 6.07 Å². The van der Waals surface area contributed by atoms with Gasteiger partial charge in [0, 0.05) is 29.2 Å². The summed E-state index contributed by atoms with van der Waals surface area (Å²) in [6.07, 6.45) is 0. The molecule has 0 bridgehead atoms. The summed E-state index contributed by atoms with van der Waals surface area (Å²) < 4.78 is 0.718. The van der Waals surface area contributed by atoms with Crippen molar-refractivity contribution in [2.75, 3.05) is 6.54 Å². The number of nitro groups is 1. The minimum absolute atomic E-state index is 0.143. The third kappa shape index (κ3) is 4.37. The average molecular weight is 349 g/mol. The highest BCUT2D eigenvalue weighted by atomic mass is 79.9. The lowest BCUT2D eigenvalue weighted by Crippen LogP contribution is -2.20. The molecule has 0 radical (unpaired) electrons. The summed E-state index contributed by atoms with van der Waals surface area (Å²) in [7, 11) is 0. The van der Waals surface area contributed by atoms with Crippen LogP contribution in [0.15, 0.2) is 53.0 Å². The van der Waals surface area contributed by atoms with E-state index < -0.39 is 0 Å².